The highest BCUT2D eigenvalue weighted by atomic mass is 35.5. The molecule has 1 aliphatic rings. The maximum atomic E-state index is 13.0. The Morgan fingerprint density at radius 2 is 1.84 bits per heavy atom. The lowest BCUT2D eigenvalue weighted by atomic mass is 9.97. The summed E-state index contributed by atoms with van der Waals surface area (Å²) in [6.45, 7) is 0.477. The first-order valence-electron chi connectivity index (χ1n) is 10.1. The number of hydrogen-bond acceptors (Lipinski definition) is 5. The summed E-state index contributed by atoms with van der Waals surface area (Å²) >= 11 is 7.27. The number of thiophene rings is 1. The van der Waals surface area contributed by atoms with Gasteiger partial charge in [0, 0.05) is 29.2 Å². The molecular formula is C23H21ClN2O4S2. The Kier molecular flexibility index (Phi) is 6.76. The van der Waals surface area contributed by atoms with Crippen LogP contribution in [0.15, 0.2) is 70.3 Å². The van der Waals surface area contributed by atoms with Crippen LogP contribution in [0, 0.1) is 5.92 Å². The largest absolute Gasteiger partial charge is 0.325 e. The van der Waals surface area contributed by atoms with Crippen LogP contribution in [0.4, 0.5) is 5.69 Å². The van der Waals surface area contributed by atoms with Crippen LogP contribution >= 0.6 is 22.9 Å². The Balaban J connectivity index is 1.54. The fourth-order valence-electron chi connectivity index (χ4n) is 3.71. The molecule has 0 radical (unpaired) electrons. The van der Waals surface area contributed by atoms with Gasteiger partial charge in [0.25, 0.3) is 10.0 Å². The highest BCUT2D eigenvalue weighted by Crippen LogP contribution is 2.28. The standard InChI is InChI=1S/C23H21ClN2O4S2/c24-18-10-11-20(19(14-18)22(27)16-6-2-1-3-7-16)25-23(28)17-8-4-12-26(15-17)32(29,30)21-9-5-13-31-21/h1-3,5-7,9-11,13-14,17H,4,8,12,15H2,(H,25,28). The number of rotatable bonds is 6. The second kappa shape index (κ2) is 9.54. The van der Waals surface area contributed by atoms with Crippen molar-refractivity contribution >= 4 is 50.3 Å². The van der Waals surface area contributed by atoms with Gasteiger partial charge in [0.1, 0.15) is 4.21 Å². The van der Waals surface area contributed by atoms with Crippen molar-refractivity contribution in [1.29, 1.82) is 0 Å². The molecule has 1 aliphatic heterocycles. The minimum Gasteiger partial charge on any atom is -0.325 e. The molecule has 1 fully saturated rings. The number of carbonyl (C=O) groups is 2. The molecule has 2 heterocycles. The first-order valence-corrected chi connectivity index (χ1v) is 12.8. The lowest BCUT2D eigenvalue weighted by Gasteiger charge is -2.31. The zero-order chi connectivity index (χ0) is 22.7. The van der Waals surface area contributed by atoms with E-state index in [0.29, 0.717) is 35.7 Å². The third kappa shape index (κ3) is 4.78. The Labute approximate surface area is 195 Å². The van der Waals surface area contributed by atoms with Crippen LogP contribution < -0.4 is 5.32 Å². The summed E-state index contributed by atoms with van der Waals surface area (Å²) in [7, 11) is -3.62. The molecule has 4 rings (SSSR count). The molecule has 9 heteroatoms. The summed E-state index contributed by atoms with van der Waals surface area (Å²) in [6, 6.07) is 16.7. The molecule has 1 amide bonds. The van der Waals surface area contributed by atoms with Crippen LogP contribution in [-0.2, 0) is 14.8 Å². The van der Waals surface area contributed by atoms with Crippen molar-refractivity contribution in [3.63, 3.8) is 0 Å². The number of nitrogens with zero attached hydrogens (tertiary/aromatic N) is 1. The molecule has 0 aliphatic carbocycles. The van der Waals surface area contributed by atoms with E-state index in [1.165, 1.54) is 10.4 Å². The molecule has 1 aromatic heterocycles. The second-order valence-corrected chi connectivity index (χ2v) is 11.1. The minimum atomic E-state index is -3.62. The Bertz CT molecular complexity index is 1230. The third-order valence-electron chi connectivity index (χ3n) is 5.36. The molecule has 1 saturated heterocycles. The Morgan fingerprint density at radius 1 is 1.06 bits per heavy atom. The van der Waals surface area contributed by atoms with E-state index in [-0.39, 0.29) is 28.0 Å². The van der Waals surface area contributed by atoms with Crippen molar-refractivity contribution in [2.45, 2.75) is 17.1 Å². The molecule has 1 atom stereocenters. The first kappa shape index (κ1) is 22.7. The van der Waals surface area contributed by atoms with Crippen molar-refractivity contribution < 1.29 is 18.0 Å². The van der Waals surface area contributed by atoms with E-state index in [2.05, 4.69) is 5.32 Å². The quantitative estimate of drug-likeness (QED) is 0.511. The molecule has 0 saturated carbocycles. The number of benzene rings is 2. The predicted molar refractivity (Wildman–Crippen MR) is 126 cm³/mol. The normalized spacial score (nSPS) is 17.1. The number of halogens is 1. The first-order chi connectivity index (χ1) is 15.4. The summed E-state index contributed by atoms with van der Waals surface area (Å²) in [5.41, 5.74) is 1.12. The zero-order valence-electron chi connectivity index (χ0n) is 17.0. The molecule has 32 heavy (non-hydrogen) atoms. The van der Waals surface area contributed by atoms with E-state index in [9.17, 15) is 18.0 Å². The van der Waals surface area contributed by atoms with E-state index >= 15 is 0 Å². The summed E-state index contributed by atoms with van der Waals surface area (Å²) in [6.07, 6.45) is 1.15. The predicted octanol–water partition coefficient (Wildman–Crippen LogP) is 4.67. The van der Waals surface area contributed by atoms with Gasteiger partial charge in [-0.15, -0.1) is 11.3 Å². The van der Waals surface area contributed by atoms with E-state index in [4.69, 9.17) is 11.6 Å². The number of sulfonamides is 1. The Hall–Kier alpha value is -2.52. The van der Waals surface area contributed by atoms with Crippen molar-refractivity contribution in [3.05, 3.63) is 82.2 Å². The number of piperidine rings is 1. The van der Waals surface area contributed by atoms with Crippen LogP contribution in [-0.4, -0.2) is 37.5 Å². The van der Waals surface area contributed by atoms with Gasteiger partial charge in [0.2, 0.25) is 5.91 Å². The van der Waals surface area contributed by atoms with E-state index in [1.807, 2.05) is 6.07 Å². The highest BCUT2D eigenvalue weighted by Gasteiger charge is 2.34. The van der Waals surface area contributed by atoms with E-state index in [1.54, 1.807) is 53.9 Å². The summed E-state index contributed by atoms with van der Waals surface area (Å²) in [4.78, 5) is 26.0. The van der Waals surface area contributed by atoms with Gasteiger partial charge in [-0.05, 0) is 42.5 Å². The summed E-state index contributed by atoms with van der Waals surface area (Å²) in [5, 5.41) is 4.93. The van der Waals surface area contributed by atoms with Crippen molar-refractivity contribution in [3.8, 4) is 0 Å². The van der Waals surface area contributed by atoms with Gasteiger partial charge in [0.05, 0.1) is 11.6 Å². The Morgan fingerprint density at radius 3 is 2.56 bits per heavy atom. The summed E-state index contributed by atoms with van der Waals surface area (Å²) < 4.78 is 27.4. The second-order valence-electron chi connectivity index (χ2n) is 7.51. The number of anilines is 1. The molecular weight excluding hydrogens is 468 g/mol. The molecule has 6 nitrogen and oxygen atoms in total. The maximum Gasteiger partial charge on any atom is 0.252 e. The molecule has 1 unspecified atom stereocenters. The fourth-order valence-corrected chi connectivity index (χ4v) is 6.55. The van der Waals surface area contributed by atoms with Crippen molar-refractivity contribution in [1.82, 2.24) is 4.31 Å². The molecule has 0 spiro atoms. The molecule has 166 valence electrons. The number of amides is 1. The molecule has 1 N–H and O–H groups in total. The van der Waals surface area contributed by atoms with Gasteiger partial charge in [-0.25, -0.2) is 8.42 Å². The van der Waals surface area contributed by atoms with Gasteiger partial charge >= 0.3 is 0 Å². The topological polar surface area (TPSA) is 83.6 Å². The number of carbonyl (C=O) groups excluding carboxylic acids is 2. The van der Waals surface area contributed by atoms with Crippen LogP contribution in [0.1, 0.15) is 28.8 Å². The lowest BCUT2D eigenvalue weighted by molar-refractivity contribution is -0.120. The van der Waals surface area contributed by atoms with Crippen LogP contribution in [0.5, 0.6) is 0 Å². The lowest BCUT2D eigenvalue weighted by Crippen LogP contribution is -2.43. The molecule has 0 bridgehead atoms. The average Bonchev–Trinajstić information content (AvgIpc) is 3.36. The van der Waals surface area contributed by atoms with Gasteiger partial charge in [-0.1, -0.05) is 48.0 Å². The van der Waals surface area contributed by atoms with Gasteiger partial charge in [0.15, 0.2) is 5.78 Å². The fraction of sp³-hybridized carbons (Fsp3) is 0.217. The van der Waals surface area contributed by atoms with Crippen molar-refractivity contribution in [2.75, 3.05) is 18.4 Å². The minimum absolute atomic E-state index is 0.0988. The summed E-state index contributed by atoms with van der Waals surface area (Å²) in [5.74, 6) is -1.09. The van der Waals surface area contributed by atoms with Crippen LogP contribution in [0.25, 0.3) is 0 Å². The molecule has 2 aromatic carbocycles. The van der Waals surface area contributed by atoms with Gasteiger partial charge < -0.3 is 5.32 Å². The number of hydrogen-bond donors (Lipinski definition) is 1. The molecule has 3 aromatic rings. The van der Waals surface area contributed by atoms with Crippen LogP contribution in [0.3, 0.4) is 0 Å². The SMILES string of the molecule is O=C(c1ccccc1)c1cc(Cl)ccc1NC(=O)C1CCCN(S(=O)(=O)c2cccs2)C1. The smallest absolute Gasteiger partial charge is 0.252 e. The monoisotopic (exact) mass is 488 g/mol. The van der Waals surface area contributed by atoms with E-state index in [0.717, 1.165) is 11.3 Å². The maximum absolute atomic E-state index is 13.0. The number of ketones is 1. The van der Waals surface area contributed by atoms with Gasteiger partial charge in [-0.2, -0.15) is 4.31 Å². The van der Waals surface area contributed by atoms with Crippen molar-refractivity contribution in [2.24, 2.45) is 5.92 Å². The number of nitrogens with one attached hydrogen (secondary N) is 1. The van der Waals surface area contributed by atoms with Gasteiger partial charge in [-0.3, -0.25) is 9.59 Å². The highest BCUT2D eigenvalue weighted by molar-refractivity contribution is 7.91. The zero-order valence-corrected chi connectivity index (χ0v) is 19.4. The van der Waals surface area contributed by atoms with Crippen LogP contribution in [0.2, 0.25) is 5.02 Å². The average molecular weight is 489 g/mol. The van der Waals surface area contributed by atoms with E-state index < -0.39 is 15.9 Å². The third-order valence-corrected chi connectivity index (χ3v) is 8.84.